The number of hydrogen-bond donors (Lipinski definition) is 0. The highest BCUT2D eigenvalue weighted by Gasteiger charge is 2.20. The molecule has 0 atom stereocenters. The van der Waals surface area contributed by atoms with E-state index in [-0.39, 0.29) is 5.82 Å². The third-order valence-corrected chi connectivity index (χ3v) is 4.05. The zero-order chi connectivity index (χ0) is 12.3. The second-order valence-electron chi connectivity index (χ2n) is 4.41. The monoisotopic (exact) mass is 301 g/mol. The van der Waals surface area contributed by atoms with Crippen LogP contribution >= 0.6 is 15.9 Å². The Labute approximate surface area is 110 Å². The number of hydrogen-bond acceptors (Lipinski definition) is 2. The van der Waals surface area contributed by atoms with Crippen molar-refractivity contribution in [2.75, 3.05) is 20.2 Å². The number of likely N-dealkylation sites (tertiary alicyclic amines) is 1. The van der Waals surface area contributed by atoms with Gasteiger partial charge in [-0.15, -0.1) is 0 Å². The smallest absolute Gasteiger partial charge is 0.128 e. The predicted molar refractivity (Wildman–Crippen MR) is 69.4 cm³/mol. The van der Waals surface area contributed by atoms with Crippen LogP contribution in [0, 0.1) is 5.82 Å². The summed E-state index contributed by atoms with van der Waals surface area (Å²) in [6.45, 7) is 2.61. The Hall–Kier alpha value is -0.450. The van der Waals surface area contributed by atoms with Crippen LogP contribution in [0.3, 0.4) is 0 Å². The van der Waals surface area contributed by atoms with Gasteiger partial charge in [-0.2, -0.15) is 0 Å². The van der Waals surface area contributed by atoms with Gasteiger partial charge in [-0.25, -0.2) is 4.39 Å². The van der Waals surface area contributed by atoms with Crippen molar-refractivity contribution in [2.45, 2.75) is 25.5 Å². The summed E-state index contributed by atoms with van der Waals surface area (Å²) in [5.41, 5.74) is 0.753. The Morgan fingerprint density at radius 1 is 1.41 bits per heavy atom. The average Bonchev–Trinajstić information content (AvgIpc) is 2.35. The number of methoxy groups -OCH3 is 1. The first kappa shape index (κ1) is 13.0. The van der Waals surface area contributed by atoms with Gasteiger partial charge in [0.15, 0.2) is 0 Å². The summed E-state index contributed by atoms with van der Waals surface area (Å²) < 4.78 is 19.8. The van der Waals surface area contributed by atoms with E-state index in [4.69, 9.17) is 4.74 Å². The molecule has 0 radical (unpaired) electrons. The van der Waals surface area contributed by atoms with E-state index in [1.54, 1.807) is 13.2 Å². The summed E-state index contributed by atoms with van der Waals surface area (Å²) in [5, 5.41) is 0. The number of nitrogens with zero attached hydrogens (tertiary/aromatic N) is 1. The second-order valence-corrected chi connectivity index (χ2v) is 5.27. The molecule has 0 amide bonds. The largest absolute Gasteiger partial charge is 0.381 e. The highest BCUT2D eigenvalue weighted by Crippen LogP contribution is 2.23. The number of benzene rings is 1. The highest BCUT2D eigenvalue weighted by molar-refractivity contribution is 9.10. The highest BCUT2D eigenvalue weighted by atomic mass is 79.9. The van der Waals surface area contributed by atoms with Gasteiger partial charge in [-0.1, -0.05) is 22.0 Å². The Morgan fingerprint density at radius 2 is 2.12 bits per heavy atom. The summed E-state index contributed by atoms with van der Waals surface area (Å²) in [6.07, 6.45) is 2.43. The van der Waals surface area contributed by atoms with Crippen molar-refractivity contribution < 1.29 is 9.13 Å². The molecule has 0 unspecified atom stereocenters. The van der Waals surface area contributed by atoms with E-state index in [0.29, 0.717) is 12.6 Å². The maximum Gasteiger partial charge on any atom is 0.128 e. The molecule has 1 aliphatic rings. The zero-order valence-corrected chi connectivity index (χ0v) is 11.5. The van der Waals surface area contributed by atoms with E-state index >= 15 is 0 Å². The maximum absolute atomic E-state index is 13.7. The van der Waals surface area contributed by atoms with Crippen LogP contribution in [0.2, 0.25) is 0 Å². The lowest BCUT2D eigenvalue weighted by atomic mass is 10.1. The van der Waals surface area contributed by atoms with Crippen molar-refractivity contribution >= 4 is 15.9 Å². The lowest BCUT2D eigenvalue weighted by molar-refractivity contribution is 0.0385. The van der Waals surface area contributed by atoms with E-state index in [1.807, 2.05) is 6.07 Å². The number of ether oxygens (including phenoxy) is 1. The molecule has 1 heterocycles. The fraction of sp³-hybridized carbons (Fsp3) is 0.538. The third kappa shape index (κ3) is 3.27. The van der Waals surface area contributed by atoms with E-state index in [1.165, 1.54) is 6.07 Å². The summed E-state index contributed by atoms with van der Waals surface area (Å²) >= 11 is 3.41. The van der Waals surface area contributed by atoms with Crippen molar-refractivity contribution in [3.8, 4) is 0 Å². The van der Waals surface area contributed by atoms with E-state index in [9.17, 15) is 4.39 Å². The van der Waals surface area contributed by atoms with E-state index in [2.05, 4.69) is 20.8 Å². The van der Waals surface area contributed by atoms with Crippen LogP contribution in [-0.4, -0.2) is 31.2 Å². The van der Waals surface area contributed by atoms with E-state index in [0.717, 1.165) is 36.0 Å². The molecule has 0 spiro atoms. The normalized spacial score (nSPS) is 18.5. The Morgan fingerprint density at radius 3 is 2.71 bits per heavy atom. The second kappa shape index (κ2) is 5.94. The standard InChI is InChI=1S/C13H17BrFNO/c1-17-10-5-7-16(8-6-10)9-11-12(14)3-2-4-13(11)15/h2-4,10H,5-9H2,1H3. The minimum Gasteiger partial charge on any atom is -0.381 e. The van der Waals surface area contributed by atoms with Crippen molar-refractivity contribution in [1.29, 1.82) is 0 Å². The van der Waals surface area contributed by atoms with Crippen LogP contribution in [0.25, 0.3) is 0 Å². The summed E-state index contributed by atoms with van der Waals surface area (Å²) in [6, 6.07) is 5.13. The minimum atomic E-state index is -0.131. The minimum absolute atomic E-state index is 0.131. The molecular formula is C13H17BrFNO. The van der Waals surface area contributed by atoms with Crippen LogP contribution in [0.1, 0.15) is 18.4 Å². The molecule has 1 fully saturated rings. The molecule has 2 rings (SSSR count). The van der Waals surface area contributed by atoms with Gasteiger partial charge in [0.25, 0.3) is 0 Å². The third-order valence-electron chi connectivity index (χ3n) is 3.31. The molecule has 0 aliphatic carbocycles. The van der Waals surface area contributed by atoms with Crippen LogP contribution < -0.4 is 0 Å². The Bertz CT molecular complexity index is 357. The first-order valence-corrected chi connectivity index (χ1v) is 6.68. The van der Waals surface area contributed by atoms with Crippen molar-refractivity contribution in [3.05, 3.63) is 34.1 Å². The summed E-state index contributed by atoms with van der Waals surface area (Å²) in [4.78, 5) is 2.28. The molecule has 0 bridgehead atoms. The zero-order valence-electron chi connectivity index (χ0n) is 9.96. The van der Waals surface area contributed by atoms with Crippen molar-refractivity contribution in [3.63, 3.8) is 0 Å². The van der Waals surface area contributed by atoms with Gasteiger partial charge in [0, 0.05) is 36.8 Å². The fourth-order valence-electron chi connectivity index (χ4n) is 2.21. The molecule has 0 aromatic heterocycles. The predicted octanol–water partition coefficient (Wildman–Crippen LogP) is 3.20. The van der Waals surface area contributed by atoms with Gasteiger partial charge in [0.1, 0.15) is 5.82 Å². The Kier molecular flexibility index (Phi) is 4.54. The molecule has 1 saturated heterocycles. The SMILES string of the molecule is COC1CCN(Cc2c(F)cccc2Br)CC1. The van der Waals surface area contributed by atoms with Crippen LogP contribution in [0.4, 0.5) is 4.39 Å². The van der Waals surface area contributed by atoms with Crippen LogP contribution in [-0.2, 0) is 11.3 Å². The van der Waals surface area contributed by atoms with Gasteiger partial charge < -0.3 is 4.74 Å². The molecule has 2 nitrogen and oxygen atoms in total. The van der Waals surface area contributed by atoms with Gasteiger partial charge in [-0.05, 0) is 25.0 Å². The molecule has 0 N–H and O–H groups in total. The molecule has 1 aromatic carbocycles. The molecular weight excluding hydrogens is 285 g/mol. The lowest BCUT2D eigenvalue weighted by Gasteiger charge is -2.31. The average molecular weight is 302 g/mol. The Balaban J connectivity index is 1.98. The number of halogens is 2. The maximum atomic E-state index is 13.7. The lowest BCUT2D eigenvalue weighted by Crippen LogP contribution is -2.36. The molecule has 4 heteroatoms. The molecule has 17 heavy (non-hydrogen) atoms. The molecule has 1 aromatic rings. The number of rotatable bonds is 3. The van der Waals surface area contributed by atoms with Gasteiger partial charge in [0.2, 0.25) is 0 Å². The van der Waals surface area contributed by atoms with Crippen molar-refractivity contribution in [2.24, 2.45) is 0 Å². The quantitative estimate of drug-likeness (QED) is 0.850. The first-order chi connectivity index (χ1) is 8.20. The van der Waals surface area contributed by atoms with Gasteiger partial charge in [-0.3, -0.25) is 4.90 Å². The molecule has 0 saturated carbocycles. The topological polar surface area (TPSA) is 12.5 Å². The van der Waals surface area contributed by atoms with Crippen LogP contribution in [0.15, 0.2) is 22.7 Å². The van der Waals surface area contributed by atoms with Crippen LogP contribution in [0.5, 0.6) is 0 Å². The summed E-state index contributed by atoms with van der Waals surface area (Å²) in [5.74, 6) is -0.131. The molecule has 1 aliphatic heterocycles. The fourth-order valence-corrected chi connectivity index (χ4v) is 2.68. The molecule has 94 valence electrons. The van der Waals surface area contributed by atoms with E-state index < -0.39 is 0 Å². The first-order valence-electron chi connectivity index (χ1n) is 5.88. The summed E-state index contributed by atoms with van der Waals surface area (Å²) in [7, 11) is 1.76. The van der Waals surface area contributed by atoms with Gasteiger partial charge in [0.05, 0.1) is 6.10 Å². The van der Waals surface area contributed by atoms with Gasteiger partial charge >= 0.3 is 0 Å². The number of piperidine rings is 1. The van der Waals surface area contributed by atoms with Crippen molar-refractivity contribution in [1.82, 2.24) is 4.90 Å².